The fraction of sp³-hybridized carbons (Fsp3) is 0.432. The second-order valence-corrected chi connectivity index (χ2v) is 13.3. The molecule has 0 radical (unpaired) electrons. The summed E-state index contributed by atoms with van der Waals surface area (Å²) < 4.78 is 32.1. The molecule has 2 aliphatic carbocycles. The molecule has 10 heteroatoms. The molecule has 1 spiro atoms. The highest BCUT2D eigenvalue weighted by molar-refractivity contribution is 5.91. The van der Waals surface area contributed by atoms with Crippen LogP contribution in [-0.2, 0) is 28.5 Å². The van der Waals surface area contributed by atoms with E-state index in [4.69, 9.17) is 23.7 Å². The monoisotopic (exact) mass is 641 g/mol. The molecule has 10 nitrogen and oxygen atoms in total. The smallest absolute Gasteiger partial charge is 0.339 e. The number of hydrogen-bond acceptors (Lipinski definition) is 10. The summed E-state index contributed by atoms with van der Waals surface area (Å²) in [4.78, 5) is 58.0. The van der Waals surface area contributed by atoms with E-state index in [1.807, 2.05) is 20.8 Å². The quantitative estimate of drug-likeness (QED) is 0.226. The Hall–Kier alpha value is -4.57. The molecule has 6 rings (SSSR count). The zero-order valence-corrected chi connectivity index (χ0v) is 26.9. The fourth-order valence-electron chi connectivity index (χ4n) is 8.06. The van der Waals surface area contributed by atoms with E-state index in [0.29, 0.717) is 24.8 Å². The minimum Gasteiger partial charge on any atom is -0.462 e. The molecule has 2 bridgehead atoms. The maximum Gasteiger partial charge on any atom is 0.339 e. The third-order valence-electron chi connectivity index (χ3n) is 10.2. The second kappa shape index (κ2) is 12.6. The lowest BCUT2D eigenvalue weighted by Gasteiger charge is -2.61. The molecule has 47 heavy (non-hydrogen) atoms. The Morgan fingerprint density at radius 2 is 1.43 bits per heavy atom. The van der Waals surface area contributed by atoms with Crippen molar-refractivity contribution in [2.45, 2.75) is 76.5 Å². The van der Waals surface area contributed by atoms with Crippen LogP contribution in [0.1, 0.15) is 78.0 Å². The number of pyridine rings is 1. The van der Waals surface area contributed by atoms with E-state index in [1.165, 1.54) is 13.1 Å². The van der Waals surface area contributed by atoms with Crippen molar-refractivity contribution in [1.29, 1.82) is 0 Å². The first-order valence-electron chi connectivity index (χ1n) is 15.9. The van der Waals surface area contributed by atoms with Crippen LogP contribution in [0.3, 0.4) is 0 Å². The fourth-order valence-corrected chi connectivity index (χ4v) is 8.06. The summed E-state index contributed by atoms with van der Waals surface area (Å²) in [6.45, 7) is 6.85. The van der Waals surface area contributed by atoms with E-state index < -0.39 is 64.7 Å². The molecule has 2 aromatic carbocycles. The Kier molecular flexibility index (Phi) is 8.65. The van der Waals surface area contributed by atoms with Gasteiger partial charge in [0.25, 0.3) is 0 Å². The van der Waals surface area contributed by atoms with Gasteiger partial charge in [-0.1, -0.05) is 43.3 Å². The van der Waals surface area contributed by atoms with Gasteiger partial charge in [0.1, 0.15) is 24.2 Å². The first kappa shape index (κ1) is 32.4. The SMILES string of the molecule is CC(=O)O[C@H]1CC[C@@H](C)[C@@]23C[C@@H]([C@@H](OC(=O)c4ccccc4)[C@@H](OC(=O)c4ccccc4)C12COC(=O)c1cccnc1)C(C)(C)O3. The van der Waals surface area contributed by atoms with Gasteiger partial charge >= 0.3 is 23.9 Å². The maximum atomic E-state index is 14.0. The van der Waals surface area contributed by atoms with Crippen molar-refractivity contribution >= 4 is 23.9 Å². The number of fused-ring (bicyclic) bond motifs is 1. The van der Waals surface area contributed by atoms with Crippen LogP contribution >= 0.6 is 0 Å². The minimum absolute atomic E-state index is 0.139. The lowest BCUT2D eigenvalue weighted by atomic mass is 9.49. The minimum atomic E-state index is -1.47. The summed E-state index contributed by atoms with van der Waals surface area (Å²) in [6.07, 6.45) is 1.12. The highest BCUT2D eigenvalue weighted by Gasteiger charge is 2.79. The molecule has 3 fully saturated rings. The Morgan fingerprint density at radius 1 is 0.809 bits per heavy atom. The lowest BCUT2D eigenvalue weighted by molar-refractivity contribution is -0.285. The third kappa shape index (κ3) is 5.69. The van der Waals surface area contributed by atoms with Crippen LogP contribution in [0.15, 0.2) is 85.2 Å². The highest BCUT2D eigenvalue weighted by atomic mass is 16.6. The van der Waals surface area contributed by atoms with Gasteiger partial charge in [-0.25, -0.2) is 14.4 Å². The van der Waals surface area contributed by atoms with Crippen LogP contribution < -0.4 is 0 Å². The standard InChI is InChI=1S/C37H39NO9/c1-23-17-18-29(44-24(2)39)36(22-43-32(40)27-16-11-19-38-21-27)31(46-34(42)26-14-9-6-10-15-26)30(28-20-37(23,36)47-35(28,3)4)45-33(41)25-12-7-5-8-13-25/h5-16,19,21,23,28-31H,17-18,20,22H2,1-4H3/t23-,28+,29+,30-,31-,36?,37+/m1/s1. The average Bonchev–Trinajstić information content (AvgIpc) is 3.33. The van der Waals surface area contributed by atoms with E-state index in [-0.39, 0.29) is 23.7 Å². The highest BCUT2D eigenvalue weighted by Crippen LogP contribution is 2.67. The van der Waals surface area contributed by atoms with Crippen LogP contribution in [0.25, 0.3) is 0 Å². The summed E-state index contributed by atoms with van der Waals surface area (Å²) in [5.74, 6) is -3.05. The van der Waals surface area contributed by atoms with Gasteiger partial charge < -0.3 is 23.7 Å². The number of carbonyl (C=O) groups excluding carboxylic acids is 4. The van der Waals surface area contributed by atoms with Crippen molar-refractivity contribution in [2.24, 2.45) is 17.3 Å². The van der Waals surface area contributed by atoms with Gasteiger partial charge in [0.05, 0.1) is 27.9 Å². The number of benzene rings is 2. The van der Waals surface area contributed by atoms with E-state index >= 15 is 0 Å². The third-order valence-corrected chi connectivity index (χ3v) is 10.2. The average molecular weight is 642 g/mol. The molecule has 0 N–H and O–H groups in total. The number of ether oxygens (including phenoxy) is 5. The molecule has 3 aliphatic rings. The number of carbonyl (C=O) groups is 4. The number of hydrogen-bond donors (Lipinski definition) is 0. The van der Waals surface area contributed by atoms with Crippen molar-refractivity contribution < 1.29 is 42.9 Å². The summed E-state index contributed by atoms with van der Waals surface area (Å²) in [6, 6.07) is 20.2. The summed E-state index contributed by atoms with van der Waals surface area (Å²) in [7, 11) is 0. The predicted molar refractivity (Wildman–Crippen MR) is 168 cm³/mol. The molecule has 1 unspecified atom stereocenters. The molecule has 1 aromatic heterocycles. The predicted octanol–water partition coefficient (Wildman–Crippen LogP) is 5.61. The van der Waals surface area contributed by atoms with E-state index in [0.717, 1.165) is 0 Å². The van der Waals surface area contributed by atoms with Crippen LogP contribution in [-0.4, -0.2) is 65.0 Å². The summed E-state index contributed by atoms with van der Waals surface area (Å²) in [5, 5.41) is 0. The van der Waals surface area contributed by atoms with Crippen molar-refractivity contribution in [3.8, 4) is 0 Å². The van der Waals surface area contributed by atoms with E-state index in [1.54, 1.807) is 79.0 Å². The largest absolute Gasteiger partial charge is 0.462 e. The molecule has 2 heterocycles. The van der Waals surface area contributed by atoms with E-state index in [2.05, 4.69) is 4.98 Å². The number of nitrogens with zero attached hydrogens (tertiary/aromatic N) is 1. The number of aromatic nitrogens is 1. The Labute approximate surface area is 273 Å². The zero-order valence-electron chi connectivity index (χ0n) is 26.9. The Bertz CT molecular complexity index is 1630. The Balaban J connectivity index is 1.53. The van der Waals surface area contributed by atoms with Gasteiger partial charge in [-0.05, 0) is 75.4 Å². The number of esters is 4. The maximum absolute atomic E-state index is 14.0. The van der Waals surface area contributed by atoms with Crippen molar-refractivity contribution in [1.82, 2.24) is 4.98 Å². The molecular weight excluding hydrogens is 602 g/mol. The zero-order chi connectivity index (χ0) is 33.4. The summed E-state index contributed by atoms with van der Waals surface area (Å²) in [5.41, 5.74) is -2.61. The van der Waals surface area contributed by atoms with Gasteiger partial charge in [0.2, 0.25) is 0 Å². The molecular formula is C37H39NO9. The molecule has 2 saturated carbocycles. The van der Waals surface area contributed by atoms with Crippen molar-refractivity contribution in [3.63, 3.8) is 0 Å². The summed E-state index contributed by atoms with van der Waals surface area (Å²) >= 11 is 0. The molecule has 246 valence electrons. The Morgan fingerprint density at radius 3 is 2.02 bits per heavy atom. The van der Waals surface area contributed by atoms with Gasteiger partial charge in [0.15, 0.2) is 6.10 Å². The van der Waals surface area contributed by atoms with Crippen LogP contribution in [0.5, 0.6) is 0 Å². The van der Waals surface area contributed by atoms with Crippen LogP contribution in [0.2, 0.25) is 0 Å². The molecule has 7 atom stereocenters. The van der Waals surface area contributed by atoms with Crippen molar-refractivity contribution in [2.75, 3.05) is 6.61 Å². The van der Waals surface area contributed by atoms with Gasteiger partial charge in [-0.15, -0.1) is 0 Å². The van der Waals surface area contributed by atoms with Gasteiger partial charge in [-0.3, -0.25) is 9.78 Å². The van der Waals surface area contributed by atoms with Crippen LogP contribution in [0, 0.1) is 17.3 Å². The molecule has 1 saturated heterocycles. The lowest BCUT2D eigenvalue weighted by Crippen LogP contribution is -2.74. The first-order valence-corrected chi connectivity index (χ1v) is 15.9. The van der Waals surface area contributed by atoms with Crippen molar-refractivity contribution in [3.05, 3.63) is 102 Å². The molecule has 3 aromatic rings. The van der Waals surface area contributed by atoms with Gasteiger partial charge in [-0.2, -0.15) is 0 Å². The van der Waals surface area contributed by atoms with Gasteiger partial charge in [0, 0.05) is 25.2 Å². The first-order chi connectivity index (χ1) is 22.5. The van der Waals surface area contributed by atoms with E-state index in [9.17, 15) is 19.2 Å². The normalized spacial score (nSPS) is 30.3. The second-order valence-electron chi connectivity index (χ2n) is 13.3. The molecule has 0 amide bonds. The van der Waals surface area contributed by atoms with Crippen LogP contribution in [0.4, 0.5) is 0 Å². The molecule has 1 aliphatic heterocycles. The number of rotatable bonds is 8. The topological polar surface area (TPSA) is 127 Å².